The Balaban J connectivity index is 0.000000557. The van der Waals surface area contributed by atoms with Crippen LogP contribution >= 0.6 is 12.2 Å². The minimum atomic E-state index is 0.616. The zero-order valence-corrected chi connectivity index (χ0v) is 12.1. The first kappa shape index (κ1) is 15.8. The molecule has 0 fully saturated rings. The lowest BCUT2D eigenvalue weighted by Crippen LogP contribution is -2.06. The number of thiocarbonyl (C=S) groups is 1. The number of aromatic nitrogens is 1. The van der Waals surface area contributed by atoms with Crippen molar-refractivity contribution in [2.45, 2.75) is 40.5 Å². The molecule has 1 rings (SSSR count). The highest BCUT2D eigenvalue weighted by molar-refractivity contribution is 7.80. The molecule has 0 aliphatic heterocycles. The van der Waals surface area contributed by atoms with Crippen LogP contribution in [0, 0.1) is 6.92 Å². The van der Waals surface area contributed by atoms with Crippen LogP contribution in [0.1, 0.15) is 39.3 Å². The third kappa shape index (κ3) is 6.89. The van der Waals surface area contributed by atoms with Gasteiger partial charge in [0.15, 0.2) is 0 Å². The van der Waals surface area contributed by atoms with Gasteiger partial charge in [-0.3, -0.25) is 0 Å². The van der Waals surface area contributed by atoms with Crippen molar-refractivity contribution in [3.63, 3.8) is 0 Å². The van der Waals surface area contributed by atoms with Gasteiger partial charge < -0.3 is 10.1 Å². The molecule has 4 heteroatoms. The van der Waals surface area contributed by atoms with E-state index in [9.17, 15) is 0 Å². The van der Waals surface area contributed by atoms with E-state index < -0.39 is 0 Å². The Labute approximate surface area is 110 Å². The average Bonchev–Trinajstić information content (AvgIpc) is 2.31. The molecule has 0 radical (unpaired) electrons. The first-order valence-corrected chi connectivity index (χ1v) is 6.25. The lowest BCUT2D eigenvalue weighted by atomic mass is 10.3. The summed E-state index contributed by atoms with van der Waals surface area (Å²) in [5.74, 6) is 0.616. The van der Waals surface area contributed by atoms with E-state index in [-0.39, 0.29) is 0 Å². The predicted octanol–water partition coefficient (Wildman–Crippen LogP) is 3.96. The number of nitrogens with one attached hydrogen (secondary N) is 1. The number of unbranched alkanes of at least 4 members (excludes halogenated alkanes) is 1. The molecule has 0 aromatic carbocycles. The van der Waals surface area contributed by atoms with Crippen LogP contribution in [-0.4, -0.2) is 17.1 Å². The zero-order valence-electron chi connectivity index (χ0n) is 11.3. The Kier molecular flexibility index (Phi) is 8.32. The normalized spacial score (nSPS) is 9.00. The molecule has 0 unspecified atom stereocenters. The number of methoxy groups -OCH3 is 1. The van der Waals surface area contributed by atoms with Gasteiger partial charge in [-0.1, -0.05) is 38.9 Å². The Morgan fingerprint density at radius 3 is 2.29 bits per heavy atom. The van der Waals surface area contributed by atoms with Crippen molar-refractivity contribution < 1.29 is 4.74 Å². The van der Waals surface area contributed by atoms with Crippen LogP contribution in [0.4, 0.5) is 5.69 Å². The van der Waals surface area contributed by atoms with Gasteiger partial charge in [0.05, 0.1) is 23.5 Å². The second-order valence-electron chi connectivity index (χ2n) is 3.67. The van der Waals surface area contributed by atoms with Gasteiger partial charge in [-0.05, 0) is 19.9 Å². The highest BCUT2D eigenvalue weighted by atomic mass is 32.1. The molecule has 0 aliphatic rings. The second-order valence-corrected chi connectivity index (χ2v) is 4.28. The molecule has 0 amide bonds. The van der Waals surface area contributed by atoms with Crippen LogP contribution in [-0.2, 0) is 0 Å². The molecule has 17 heavy (non-hydrogen) atoms. The average molecular weight is 254 g/mol. The van der Waals surface area contributed by atoms with Crippen LogP contribution in [0.25, 0.3) is 0 Å². The lowest BCUT2D eigenvalue weighted by molar-refractivity contribution is 0.397. The van der Waals surface area contributed by atoms with Gasteiger partial charge >= 0.3 is 0 Å². The summed E-state index contributed by atoms with van der Waals surface area (Å²) in [4.78, 5) is 4.93. The van der Waals surface area contributed by atoms with Crippen molar-refractivity contribution in [1.82, 2.24) is 4.98 Å². The number of hydrogen-bond donors (Lipinski definition) is 1. The molecule has 1 heterocycles. The summed E-state index contributed by atoms with van der Waals surface area (Å²) in [5.41, 5.74) is 1.80. The maximum Gasteiger partial charge on any atom is 0.213 e. The summed E-state index contributed by atoms with van der Waals surface area (Å²) < 4.78 is 4.98. The fourth-order valence-corrected chi connectivity index (χ4v) is 1.08. The highest BCUT2D eigenvalue weighted by Gasteiger charge is 2.01. The SMILES string of the molecule is CCCC.COc1ccc(NC(C)=S)c(C)n1. The molecular formula is C13H22N2OS. The fraction of sp³-hybridized carbons (Fsp3) is 0.538. The number of aryl methyl sites for hydroxylation is 1. The van der Waals surface area contributed by atoms with Crippen molar-refractivity contribution in [3.05, 3.63) is 17.8 Å². The fourth-order valence-electron chi connectivity index (χ4n) is 0.973. The quantitative estimate of drug-likeness (QED) is 0.828. The Morgan fingerprint density at radius 1 is 1.35 bits per heavy atom. The number of ether oxygens (including phenoxy) is 1. The number of nitrogens with zero attached hydrogens (tertiary/aromatic N) is 1. The maximum atomic E-state index is 4.98. The molecule has 1 aromatic heterocycles. The van der Waals surface area contributed by atoms with Crippen LogP contribution in [0.2, 0.25) is 0 Å². The molecule has 96 valence electrons. The number of rotatable bonds is 3. The molecule has 0 aliphatic carbocycles. The van der Waals surface area contributed by atoms with Crippen LogP contribution in [0.5, 0.6) is 5.88 Å². The molecule has 0 atom stereocenters. The van der Waals surface area contributed by atoms with E-state index in [0.29, 0.717) is 5.88 Å². The van der Waals surface area contributed by atoms with Crippen molar-refractivity contribution in [2.75, 3.05) is 12.4 Å². The number of hydrogen-bond acceptors (Lipinski definition) is 3. The third-order valence-corrected chi connectivity index (χ3v) is 2.18. The molecule has 0 spiro atoms. The van der Waals surface area contributed by atoms with E-state index >= 15 is 0 Å². The van der Waals surface area contributed by atoms with Crippen molar-refractivity contribution in [2.24, 2.45) is 0 Å². The zero-order chi connectivity index (χ0) is 13.3. The van der Waals surface area contributed by atoms with E-state index in [1.54, 1.807) is 13.2 Å². The van der Waals surface area contributed by atoms with Crippen LogP contribution in [0.3, 0.4) is 0 Å². The molecular weight excluding hydrogens is 232 g/mol. The van der Waals surface area contributed by atoms with Gasteiger partial charge in [0.2, 0.25) is 5.88 Å². The third-order valence-electron chi connectivity index (χ3n) is 2.08. The summed E-state index contributed by atoms with van der Waals surface area (Å²) in [7, 11) is 1.60. The monoisotopic (exact) mass is 254 g/mol. The van der Waals surface area contributed by atoms with Gasteiger partial charge in [0, 0.05) is 6.07 Å². The van der Waals surface area contributed by atoms with E-state index in [2.05, 4.69) is 24.1 Å². The van der Waals surface area contributed by atoms with Crippen molar-refractivity contribution in [1.29, 1.82) is 0 Å². The largest absolute Gasteiger partial charge is 0.481 e. The Hall–Kier alpha value is -1.16. The maximum absolute atomic E-state index is 4.98. The molecule has 1 N–H and O–H groups in total. The van der Waals surface area contributed by atoms with Gasteiger partial charge in [-0.25, -0.2) is 4.98 Å². The predicted molar refractivity (Wildman–Crippen MR) is 78.0 cm³/mol. The number of pyridine rings is 1. The molecule has 3 nitrogen and oxygen atoms in total. The van der Waals surface area contributed by atoms with E-state index in [0.717, 1.165) is 16.4 Å². The first-order chi connectivity index (χ1) is 8.04. The summed E-state index contributed by atoms with van der Waals surface area (Å²) in [6.45, 7) is 8.10. The summed E-state index contributed by atoms with van der Waals surface area (Å²) >= 11 is 4.93. The highest BCUT2D eigenvalue weighted by Crippen LogP contribution is 2.16. The van der Waals surface area contributed by atoms with Crippen LogP contribution in [0.15, 0.2) is 12.1 Å². The molecule has 0 saturated carbocycles. The first-order valence-electron chi connectivity index (χ1n) is 5.84. The van der Waals surface area contributed by atoms with Crippen molar-refractivity contribution >= 4 is 22.9 Å². The Bertz CT molecular complexity index is 351. The minimum Gasteiger partial charge on any atom is -0.481 e. The smallest absolute Gasteiger partial charge is 0.213 e. The molecule has 0 saturated heterocycles. The summed E-state index contributed by atoms with van der Waals surface area (Å²) in [6.07, 6.45) is 2.64. The number of anilines is 1. The standard InChI is InChI=1S/C9H12N2OS.C4H10/c1-6-8(11-7(2)13)4-5-9(10-6)12-3;1-3-4-2/h4-5H,1-3H3,(H,11,13);3-4H2,1-2H3. The topological polar surface area (TPSA) is 34.1 Å². The molecule has 1 aromatic rings. The van der Waals surface area contributed by atoms with Gasteiger partial charge in [0.25, 0.3) is 0 Å². The van der Waals surface area contributed by atoms with Gasteiger partial charge in [-0.15, -0.1) is 0 Å². The Morgan fingerprint density at radius 2 is 1.94 bits per heavy atom. The summed E-state index contributed by atoms with van der Waals surface area (Å²) in [5, 5.41) is 3.04. The van der Waals surface area contributed by atoms with E-state index in [1.165, 1.54) is 12.8 Å². The van der Waals surface area contributed by atoms with Crippen LogP contribution < -0.4 is 10.1 Å². The summed E-state index contributed by atoms with van der Waals surface area (Å²) in [6, 6.07) is 3.70. The second kappa shape index (κ2) is 8.93. The lowest BCUT2D eigenvalue weighted by Gasteiger charge is -2.07. The van der Waals surface area contributed by atoms with Crippen molar-refractivity contribution in [3.8, 4) is 5.88 Å². The van der Waals surface area contributed by atoms with Gasteiger partial charge in [-0.2, -0.15) is 0 Å². The van der Waals surface area contributed by atoms with E-state index in [4.69, 9.17) is 17.0 Å². The molecule has 0 bridgehead atoms. The van der Waals surface area contributed by atoms with E-state index in [1.807, 2.05) is 19.9 Å². The minimum absolute atomic E-state index is 0.616. The van der Waals surface area contributed by atoms with Gasteiger partial charge in [0.1, 0.15) is 0 Å².